The average Bonchev–Trinajstić information content (AvgIpc) is 2.28. The minimum absolute atomic E-state index is 0.207. The first-order valence-electron chi connectivity index (χ1n) is 4.68. The zero-order valence-corrected chi connectivity index (χ0v) is 9.97. The van der Waals surface area contributed by atoms with Crippen molar-refractivity contribution in [2.45, 2.75) is 0 Å². The van der Waals surface area contributed by atoms with Gasteiger partial charge in [0.25, 0.3) is 0 Å². The highest BCUT2D eigenvalue weighted by molar-refractivity contribution is 6.36. The van der Waals surface area contributed by atoms with E-state index in [1.54, 1.807) is 12.1 Å². The SMILES string of the molecule is O=Cc1cc(F)nc(-c2ccc(Cl)cc2Cl)c1. The molecule has 0 atom stereocenters. The summed E-state index contributed by atoms with van der Waals surface area (Å²) in [5.41, 5.74) is 1.03. The van der Waals surface area contributed by atoms with Gasteiger partial charge in [-0.2, -0.15) is 4.39 Å². The Hall–Kier alpha value is -1.45. The smallest absolute Gasteiger partial charge is 0.214 e. The van der Waals surface area contributed by atoms with Crippen molar-refractivity contribution in [3.8, 4) is 11.3 Å². The highest BCUT2D eigenvalue weighted by Gasteiger charge is 2.08. The second-order valence-corrected chi connectivity index (χ2v) is 4.19. The van der Waals surface area contributed by atoms with Crippen molar-refractivity contribution in [1.82, 2.24) is 4.98 Å². The van der Waals surface area contributed by atoms with Crippen LogP contribution >= 0.6 is 23.2 Å². The minimum Gasteiger partial charge on any atom is -0.298 e. The molecule has 0 aliphatic heterocycles. The van der Waals surface area contributed by atoms with Crippen LogP contribution in [0.3, 0.4) is 0 Å². The molecule has 2 rings (SSSR count). The molecule has 0 aliphatic carbocycles. The van der Waals surface area contributed by atoms with Crippen LogP contribution < -0.4 is 0 Å². The molecule has 0 unspecified atom stereocenters. The highest BCUT2D eigenvalue weighted by Crippen LogP contribution is 2.29. The fraction of sp³-hybridized carbons (Fsp3) is 0. The lowest BCUT2D eigenvalue weighted by molar-refractivity contribution is 0.112. The molecule has 0 spiro atoms. The van der Waals surface area contributed by atoms with Gasteiger partial charge < -0.3 is 0 Å². The molecule has 0 fully saturated rings. The standard InChI is InChI=1S/C12H6Cl2FNO/c13-8-1-2-9(10(14)5-8)11-3-7(6-17)4-12(15)16-11/h1-6H. The number of aromatic nitrogens is 1. The molecule has 2 nitrogen and oxygen atoms in total. The summed E-state index contributed by atoms with van der Waals surface area (Å²) in [4.78, 5) is 14.3. The van der Waals surface area contributed by atoms with Crippen molar-refractivity contribution >= 4 is 29.5 Å². The molecule has 0 saturated heterocycles. The number of carbonyl (C=O) groups excluding carboxylic acids is 1. The number of nitrogens with zero attached hydrogens (tertiary/aromatic N) is 1. The van der Waals surface area contributed by atoms with Gasteiger partial charge in [-0.1, -0.05) is 23.2 Å². The van der Waals surface area contributed by atoms with Gasteiger partial charge >= 0.3 is 0 Å². The zero-order chi connectivity index (χ0) is 12.4. The molecular formula is C12H6Cl2FNO. The summed E-state index contributed by atoms with van der Waals surface area (Å²) in [7, 11) is 0. The van der Waals surface area contributed by atoms with Gasteiger partial charge in [0.15, 0.2) is 0 Å². The largest absolute Gasteiger partial charge is 0.298 e. The molecule has 0 N–H and O–H groups in total. The lowest BCUT2D eigenvalue weighted by Gasteiger charge is -2.05. The first kappa shape index (κ1) is 12.0. The topological polar surface area (TPSA) is 30.0 Å². The van der Waals surface area contributed by atoms with Crippen molar-refractivity contribution in [3.63, 3.8) is 0 Å². The number of carbonyl (C=O) groups is 1. The van der Waals surface area contributed by atoms with Gasteiger partial charge in [0.2, 0.25) is 5.95 Å². The minimum atomic E-state index is -0.726. The molecule has 0 amide bonds. The average molecular weight is 270 g/mol. The molecule has 0 saturated carbocycles. The fourth-order valence-electron chi connectivity index (χ4n) is 1.42. The van der Waals surface area contributed by atoms with Crippen LogP contribution in [0.15, 0.2) is 30.3 Å². The Kier molecular flexibility index (Phi) is 3.41. The van der Waals surface area contributed by atoms with Crippen LogP contribution in [0.2, 0.25) is 10.0 Å². The van der Waals surface area contributed by atoms with Crippen LogP contribution in [0.4, 0.5) is 4.39 Å². The summed E-state index contributed by atoms with van der Waals surface area (Å²) in [6, 6.07) is 7.30. The van der Waals surface area contributed by atoms with Gasteiger partial charge in [-0.25, -0.2) is 4.98 Å². The third-order valence-corrected chi connectivity index (χ3v) is 2.71. The number of aldehydes is 1. The maximum Gasteiger partial charge on any atom is 0.214 e. The molecular weight excluding hydrogens is 264 g/mol. The highest BCUT2D eigenvalue weighted by atomic mass is 35.5. The number of hydrogen-bond donors (Lipinski definition) is 0. The second-order valence-electron chi connectivity index (χ2n) is 3.35. The summed E-state index contributed by atoms with van der Waals surface area (Å²) < 4.78 is 13.2. The van der Waals surface area contributed by atoms with Crippen LogP contribution in [0.1, 0.15) is 10.4 Å². The van der Waals surface area contributed by atoms with Crippen LogP contribution in [0.5, 0.6) is 0 Å². The summed E-state index contributed by atoms with van der Waals surface area (Å²) in [6.45, 7) is 0. The van der Waals surface area contributed by atoms with Crippen LogP contribution in [-0.4, -0.2) is 11.3 Å². The third-order valence-electron chi connectivity index (χ3n) is 2.16. The number of pyridine rings is 1. The van der Waals surface area contributed by atoms with E-state index in [1.807, 2.05) is 0 Å². The molecule has 0 bridgehead atoms. The van der Waals surface area contributed by atoms with E-state index in [-0.39, 0.29) is 5.56 Å². The molecule has 2 aromatic rings. The maximum absolute atomic E-state index is 13.2. The lowest BCUT2D eigenvalue weighted by Crippen LogP contribution is -1.92. The van der Waals surface area contributed by atoms with Gasteiger partial charge in [0.1, 0.15) is 6.29 Å². The van der Waals surface area contributed by atoms with Crippen molar-refractivity contribution in [3.05, 3.63) is 51.9 Å². The molecule has 5 heteroatoms. The first-order chi connectivity index (χ1) is 8.10. The molecule has 0 aliphatic rings. The Balaban J connectivity index is 2.59. The van der Waals surface area contributed by atoms with E-state index in [0.717, 1.165) is 6.07 Å². The molecule has 17 heavy (non-hydrogen) atoms. The second kappa shape index (κ2) is 4.82. The normalized spacial score (nSPS) is 10.3. The summed E-state index contributed by atoms with van der Waals surface area (Å²) in [5, 5.41) is 0.832. The Labute approximate surface area is 107 Å². The fourth-order valence-corrected chi connectivity index (χ4v) is 1.93. The van der Waals surface area contributed by atoms with Gasteiger partial charge in [-0.3, -0.25) is 4.79 Å². The van der Waals surface area contributed by atoms with Crippen molar-refractivity contribution in [2.75, 3.05) is 0 Å². The van der Waals surface area contributed by atoms with Crippen molar-refractivity contribution in [2.24, 2.45) is 0 Å². The van der Waals surface area contributed by atoms with E-state index >= 15 is 0 Å². The van der Waals surface area contributed by atoms with E-state index in [0.29, 0.717) is 27.6 Å². The van der Waals surface area contributed by atoms with E-state index in [4.69, 9.17) is 23.2 Å². The molecule has 1 aromatic carbocycles. The number of halogens is 3. The number of hydrogen-bond acceptors (Lipinski definition) is 2. The Morgan fingerprint density at radius 2 is 1.94 bits per heavy atom. The van der Waals surface area contributed by atoms with Gasteiger partial charge in [-0.15, -0.1) is 0 Å². The molecule has 1 heterocycles. The van der Waals surface area contributed by atoms with Gasteiger partial charge in [-0.05, 0) is 24.3 Å². The van der Waals surface area contributed by atoms with Crippen molar-refractivity contribution < 1.29 is 9.18 Å². The van der Waals surface area contributed by atoms with Gasteiger partial charge in [0.05, 0.1) is 10.7 Å². The van der Waals surface area contributed by atoms with Crippen LogP contribution in [-0.2, 0) is 0 Å². The zero-order valence-electron chi connectivity index (χ0n) is 8.45. The summed E-state index contributed by atoms with van der Waals surface area (Å²) in [6.07, 6.45) is 0.554. The van der Waals surface area contributed by atoms with Crippen LogP contribution in [0, 0.1) is 5.95 Å². The maximum atomic E-state index is 13.2. The van der Waals surface area contributed by atoms with E-state index in [2.05, 4.69) is 4.98 Å². The van der Waals surface area contributed by atoms with E-state index < -0.39 is 5.95 Å². The third kappa shape index (κ3) is 2.62. The van der Waals surface area contributed by atoms with Gasteiger partial charge in [0, 0.05) is 22.2 Å². The lowest BCUT2D eigenvalue weighted by atomic mass is 10.1. The predicted octanol–water partition coefficient (Wildman–Crippen LogP) is 4.01. The number of benzene rings is 1. The molecule has 1 aromatic heterocycles. The van der Waals surface area contributed by atoms with E-state index in [1.165, 1.54) is 12.1 Å². The Morgan fingerprint density at radius 1 is 1.18 bits per heavy atom. The summed E-state index contributed by atoms with van der Waals surface area (Å²) >= 11 is 11.7. The summed E-state index contributed by atoms with van der Waals surface area (Å²) in [5.74, 6) is -0.726. The first-order valence-corrected chi connectivity index (χ1v) is 5.44. The van der Waals surface area contributed by atoms with Crippen molar-refractivity contribution in [1.29, 1.82) is 0 Å². The quantitative estimate of drug-likeness (QED) is 0.609. The van der Waals surface area contributed by atoms with E-state index in [9.17, 15) is 9.18 Å². The predicted molar refractivity (Wildman–Crippen MR) is 65.0 cm³/mol. The molecule has 86 valence electrons. The Bertz CT molecular complexity index is 587. The monoisotopic (exact) mass is 269 g/mol. The Morgan fingerprint density at radius 3 is 2.59 bits per heavy atom. The number of rotatable bonds is 2. The van der Waals surface area contributed by atoms with Crippen LogP contribution in [0.25, 0.3) is 11.3 Å². The molecule has 0 radical (unpaired) electrons.